The molecular formula is C27H34N2. The average molecular weight is 387 g/mol. The van der Waals surface area contributed by atoms with Crippen molar-refractivity contribution in [1.82, 2.24) is 4.90 Å². The quantitative estimate of drug-likeness (QED) is 0.634. The zero-order chi connectivity index (χ0) is 20.4. The van der Waals surface area contributed by atoms with E-state index in [9.17, 15) is 0 Å². The topological polar surface area (TPSA) is 15.6 Å². The SMILES string of the molecule is CC1=NCCC(C)C(C)=C1c1cccc2c1CC[C@H](N(C)Cc1ccccc1)C2. The molecule has 4 rings (SSSR count). The van der Waals surface area contributed by atoms with Crippen molar-refractivity contribution in [2.45, 2.75) is 59.0 Å². The summed E-state index contributed by atoms with van der Waals surface area (Å²) in [4.78, 5) is 7.41. The second kappa shape index (κ2) is 8.67. The third-order valence-corrected chi connectivity index (χ3v) is 7.03. The maximum atomic E-state index is 4.87. The summed E-state index contributed by atoms with van der Waals surface area (Å²) in [6.45, 7) is 8.86. The van der Waals surface area contributed by atoms with Crippen molar-refractivity contribution >= 4 is 11.3 Å². The van der Waals surface area contributed by atoms with E-state index in [1.165, 1.54) is 40.0 Å². The molecule has 2 aromatic rings. The van der Waals surface area contributed by atoms with Gasteiger partial charge in [0.1, 0.15) is 0 Å². The molecule has 29 heavy (non-hydrogen) atoms. The van der Waals surface area contributed by atoms with Crippen LogP contribution < -0.4 is 0 Å². The Kier molecular flexibility index (Phi) is 6.01. The number of fused-ring (bicyclic) bond motifs is 1. The molecule has 0 N–H and O–H groups in total. The highest BCUT2D eigenvalue weighted by Gasteiger charge is 2.26. The van der Waals surface area contributed by atoms with Gasteiger partial charge in [-0.3, -0.25) is 9.89 Å². The van der Waals surface area contributed by atoms with Crippen LogP contribution in [0.5, 0.6) is 0 Å². The second-order valence-electron chi connectivity index (χ2n) is 8.96. The monoisotopic (exact) mass is 386 g/mol. The van der Waals surface area contributed by atoms with Crippen molar-refractivity contribution in [3.8, 4) is 0 Å². The van der Waals surface area contributed by atoms with Gasteiger partial charge in [-0.25, -0.2) is 0 Å². The summed E-state index contributed by atoms with van der Waals surface area (Å²) < 4.78 is 0. The number of hydrogen-bond acceptors (Lipinski definition) is 2. The summed E-state index contributed by atoms with van der Waals surface area (Å²) in [5, 5.41) is 0. The molecule has 152 valence electrons. The first-order chi connectivity index (χ1) is 14.0. The van der Waals surface area contributed by atoms with Crippen LogP contribution in [0.2, 0.25) is 0 Å². The Bertz CT molecular complexity index is 923. The molecule has 0 aromatic heterocycles. The number of aliphatic imine (C=N–C) groups is 1. The molecule has 2 heteroatoms. The Labute approximate surface area is 176 Å². The Hall–Kier alpha value is -2.19. The number of hydrogen-bond donors (Lipinski definition) is 0. The van der Waals surface area contributed by atoms with E-state index in [1.807, 2.05) is 0 Å². The van der Waals surface area contributed by atoms with E-state index in [1.54, 1.807) is 5.56 Å². The van der Waals surface area contributed by atoms with Gasteiger partial charge in [0.2, 0.25) is 0 Å². The minimum absolute atomic E-state index is 0.607. The highest BCUT2D eigenvalue weighted by Crippen LogP contribution is 2.35. The first-order valence-corrected chi connectivity index (χ1v) is 11.1. The molecule has 2 atom stereocenters. The largest absolute Gasteiger partial charge is 0.299 e. The molecule has 1 aliphatic heterocycles. The molecule has 0 fully saturated rings. The van der Waals surface area contributed by atoms with Crippen LogP contribution in [0.3, 0.4) is 0 Å². The van der Waals surface area contributed by atoms with Gasteiger partial charge in [-0.15, -0.1) is 0 Å². The Morgan fingerprint density at radius 1 is 1.00 bits per heavy atom. The maximum absolute atomic E-state index is 4.87. The van der Waals surface area contributed by atoms with Crippen LogP contribution in [0, 0.1) is 5.92 Å². The van der Waals surface area contributed by atoms with Gasteiger partial charge in [0.25, 0.3) is 0 Å². The summed E-state index contributed by atoms with van der Waals surface area (Å²) in [6.07, 6.45) is 4.69. The summed E-state index contributed by atoms with van der Waals surface area (Å²) in [5.41, 5.74) is 10.1. The second-order valence-corrected chi connectivity index (χ2v) is 8.96. The lowest BCUT2D eigenvalue weighted by molar-refractivity contribution is 0.214. The molecule has 2 aliphatic rings. The van der Waals surface area contributed by atoms with Crippen LogP contribution in [-0.2, 0) is 19.4 Å². The van der Waals surface area contributed by atoms with Crippen LogP contribution in [0.4, 0.5) is 0 Å². The van der Waals surface area contributed by atoms with E-state index in [0.717, 1.165) is 32.4 Å². The highest BCUT2D eigenvalue weighted by molar-refractivity contribution is 6.24. The van der Waals surface area contributed by atoms with E-state index in [-0.39, 0.29) is 0 Å². The lowest BCUT2D eigenvalue weighted by Crippen LogP contribution is -2.36. The molecule has 1 heterocycles. The molecular weight excluding hydrogens is 352 g/mol. The van der Waals surface area contributed by atoms with Gasteiger partial charge in [-0.05, 0) is 74.8 Å². The van der Waals surface area contributed by atoms with Crippen molar-refractivity contribution in [3.63, 3.8) is 0 Å². The zero-order valence-electron chi connectivity index (χ0n) is 18.4. The third kappa shape index (κ3) is 4.23. The average Bonchev–Trinajstić information content (AvgIpc) is 2.86. The van der Waals surface area contributed by atoms with Crippen LogP contribution in [-0.4, -0.2) is 30.2 Å². The third-order valence-electron chi connectivity index (χ3n) is 7.03. The Balaban J connectivity index is 1.61. The molecule has 1 unspecified atom stereocenters. The summed E-state index contributed by atoms with van der Waals surface area (Å²) >= 11 is 0. The molecule has 1 aliphatic carbocycles. The lowest BCUT2D eigenvalue weighted by Gasteiger charge is -2.34. The molecule has 0 radical (unpaired) electrons. The standard InChI is InChI=1S/C27H34N2/c1-19-15-16-28-21(3)27(20(19)2)26-12-8-11-23-17-24(13-14-25(23)26)29(4)18-22-9-6-5-7-10-22/h5-12,19,24H,13-18H2,1-4H3/t19?,24-/m0/s1. The van der Waals surface area contributed by atoms with Crippen molar-refractivity contribution in [3.05, 3.63) is 76.4 Å². The number of likely N-dealkylation sites (N-methyl/N-ethyl adjacent to an activating group) is 1. The fraction of sp³-hybridized carbons (Fsp3) is 0.444. The van der Waals surface area contributed by atoms with Gasteiger partial charge in [-0.2, -0.15) is 0 Å². The zero-order valence-corrected chi connectivity index (χ0v) is 18.4. The normalized spacial score (nSPS) is 22.3. The van der Waals surface area contributed by atoms with Crippen LogP contribution in [0.25, 0.3) is 5.57 Å². The number of nitrogens with zero attached hydrogens (tertiary/aromatic N) is 2. The molecule has 2 nitrogen and oxygen atoms in total. The Morgan fingerprint density at radius 3 is 2.59 bits per heavy atom. The van der Waals surface area contributed by atoms with E-state index in [4.69, 9.17) is 4.99 Å². The molecule has 0 saturated heterocycles. The van der Waals surface area contributed by atoms with Gasteiger partial charge in [-0.1, -0.05) is 61.0 Å². The summed E-state index contributed by atoms with van der Waals surface area (Å²) in [5.74, 6) is 0.607. The van der Waals surface area contributed by atoms with Crippen LogP contribution in [0.1, 0.15) is 55.9 Å². The Morgan fingerprint density at radius 2 is 1.79 bits per heavy atom. The fourth-order valence-electron chi connectivity index (χ4n) is 5.06. The fourth-order valence-corrected chi connectivity index (χ4v) is 5.06. The van der Waals surface area contributed by atoms with Crippen molar-refractivity contribution in [2.24, 2.45) is 10.9 Å². The van der Waals surface area contributed by atoms with Gasteiger partial charge < -0.3 is 0 Å². The van der Waals surface area contributed by atoms with Crippen molar-refractivity contribution < 1.29 is 0 Å². The van der Waals surface area contributed by atoms with E-state index < -0.39 is 0 Å². The van der Waals surface area contributed by atoms with Gasteiger partial charge in [0.05, 0.1) is 0 Å². The minimum atomic E-state index is 0.607. The maximum Gasteiger partial charge on any atom is 0.0398 e. The predicted octanol–water partition coefficient (Wildman–Crippen LogP) is 5.95. The van der Waals surface area contributed by atoms with Crippen molar-refractivity contribution in [1.29, 1.82) is 0 Å². The van der Waals surface area contributed by atoms with Gasteiger partial charge in [0.15, 0.2) is 0 Å². The smallest absolute Gasteiger partial charge is 0.0398 e. The molecule has 2 aromatic carbocycles. The number of allylic oxidation sites excluding steroid dienone is 2. The van der Waals surface area contributed by atoms with E-state index >= 15 is 0 Å². The highest BCUT2D eigenvalue weighted by atomic mass is 15.1. The molecule has 0 spiro atoms. The number of rotatable bonds is 4. The summed E-state index contributed by atoms with van der Waals surface area (Å²) in [7, 11) is 2.28. The summed E-state index contributed by atoms with van der Waals surface area (Å²) in [6, 6.07) is 18.4. The lowest BCUT2D eigenvalue weighted by atomic mass is 9.80. The van der Waals surface area contributed by atoms with Crippen LogP contribution in [0.15, 0.2) is 59.1 Å². The minimum Gasteiger partial charge on any atom is -0.299 e. The molecule has 0 saturated carbocycles. The molecule has 0 bridgehead atoms. The van der Waals surface area contributed by atoms with Crippen LogP contribution >= 0.6 is 0 Å². The van der Waals surface area contributed by atoms with Crippen molar-refractivity contribution in [2.75, 3.05) is 13.6 Å². The van der Waals surface area contributed by atoms with Gasteiger partial charge >= 0.3 is 0 Å². The first kappa shape index (κ1) is 20.1. The van der Waals surface area contributed by atoms with Gasteiger partial charge in [0, 0.05) is 30.4 Å². The first-order valence-electron chi connectivity index (χ1n) is 11.1. The van der Waals surface area contributed by atoms with E-state index in [0.29, 0.717) is 12.0 Å². The molecule has 0 amide bonds. The number of benzene rings is 2. The van der Waals surface area contributed by atoms with E-state index in [2.05, 4.69) is 81.2 Å². The predicted molar refractivity (Wildman–Crippen MR) is 125 cm³/mol.